The molecule has 0 amide bonds. The summed E-state index contributed by atoms with van der Waals surface area (Å²) in [5.41, 5.74) is -0.427. The van der Waals surface area contributed by atoms with Gasteiger partial charge in [0.25, 0.3) is 0 Å². The summed E-state index contributed by atoms with van der Waals surface area (Å²) in [4.78, 5) is 0. The van der Waals surface area contributed by atoms with E-state index in [9.17, 15) is 13.2 Å². The number of alkyl halides is 3. The molecule has 0 aliphatic rings. The van der Waals surface area contributed by atoms with Crippen LogP contribution in [0.2, 0.25) is 0 Å². The summed E-state index contributed by atoms with van der Waals surface area (Å²) in [6, 6.07) is 0. The molecule has 1 atom stereocenters. The molecule has 0 aromatic rings. The van der Waals surface area contributed by atoms with E-state index in [0.29, 0.717) is 13.0 Å². The van der Waals surface area contributed by atoms with Crippen molar-refractivity contribution < 1.29 is 23.0 Å². The Kier molecular flexibility index (Phi) is 6.94. The van der Waals surface area contributed by atoms with E-state index < -0.39 is 18.1 Å². The first kappa shape index (κ1) is 15.7. The molecule has 0 heterocycles. The SMILES string of the molecule is CNC(C)(CO)CCOCCCC(F)(F)F. The second-order valence-electron chi connectivity index (χ2n) is 4.05. The lowest BCUT2D eigenvalue weighted by Gasteiger charge is -2.26. The Balaban J connectivity index is 3.47. The average Bonchev–Trinajstić information content (AvgIpc) is 2.21. The number of hydrogen-bond donors (Lipinski definition) is 2. The van der Waals surface area contributed by atoms with Crippen LogP contribution in [0.1, 0.15) is 26.2 Å². The molecule has 0 bridgehead atoms. The Morgan fingerprint density at radius 1 is 1.19 bits per heavy atom. The summed E-state index contributed by atoms with van der Waals surface area (Å²) in [7, 11) is 1.72. The quantitative estimate of drug-likeness (QED) is 0.638. The maximum atomic E-state index is 11.8. The number of halogens is 3. The van der Waals surface area contributed by atoms with E-state index in [1.807, 2.05) is 6.92 Å². The minimum atomic E-state index is -4.10. The standard InChI is InChI=1S/C10H20F3NO2/c1-9(8-15,14-2)5-7-16-6-3-4-10(11,12)13/h14-15H,3-8H2,1-2H3. The molecule has 98 valence electrons. The van der Waals surface area contributed by atoms with Crippen molar-refractivity contribution in [3.05, 3.63) is 0 Å². The molecule has 16 heavy (non-hydrogen) atoms. The summed E-state index contributed by atoms with van der Waals surface area (Å²) >= 11 is 0. The highest BCUT2D eigenvalue weighted by atomic mass is 19.4. The van der Waals surface area contributed by atoms with E-state index in [1.54, 1.807) is 7.05 Å². The summed E-state index contributed by atoms with van der Waals surface area (Å²) < 4.78 is 40.4. The average molecular weight is 243 g/mol. The van der Waals surface area contributed by atoms with Gasteiger partial charge in [-0.25, -0.2) is 0 Å². The monoisotopic (exact) mass is 243 g/mol. The molecule has 0 saturated heterocycles. The van der Waals surface area contributed by atoms with Crippen LogP contribution in [-0.2, 0) is 4.74 Å². The van der Waals surface area contributed by atoms with Crippen LogP contribution in [0.4, 0.5) is 13.2 Å². The van der Waals surface area contributed by atoms with E-state index in [4.69, 9.17) is 9.84 Å². The molecule has 1 unspecified atom stereocenters. The third kappa shape index (κ3) is 7.90. The predicted octanol–water partition coefficient (Wildman–Crippen LogP) is 1.71. The zero-order valence-corrected chi connectivity index (χ0v) is 9.73. The molecule has 6 heteroatoms. The molecule has 0 aromatic heterocycles. The molecule has 0 aromatic carbocycles. The van der Waals surface area contributed by atoms with Gasteiger partial charge in [0, 0.05) is 25.2 Å². The van der Waals surface area contributed by atoms with Crippen molar-refractivity contribution >= 4 is 0 Å². The van der Waals surface area contributed by atoms with Gasteiger partial charge in [0.2, 0.25) is 0 Å². The van der Waals surface area contributed by atoms with Gasteiger partial charge in [-0.15, -0.1) is 0 Å². The lowest BCUT2D eigenvalue weighted by atomic mass is 10.0. The van der Waals surface area contributed by atoms with Crippen molar-refractivity contribution in [3.63, 3.8) is 0 Å². The fourth-order valence-electron chi connectivity index (χ4n) is 1.06. The summed E-state index contributed by atoms with van der Waals surface area (Å²) in [6.07, 6.45) is -4.37. The minimum Gasteiger partial charge on any atom is -0.394 e. The maximum absolute atomic E-state index is 11.8. The third-order valence-electron chi connectivity index (χ3n) is 2.50. The molecule has 0 aliphatic heterocycles. The van der Waals surface area contributed by atoms with Crippen LogP contribution in [0, 0.1) is 0 Å². The number of aliphatic hydroxyl groups excluding tert-OH is 1. The van der Waals surface area contributed by atoms with Gasteiger partial charge in [0.15, 0.2) is 0 Å². The molecular weight excluding hydrogens is 223 g/mol. The van der Waals surface area contributed by atoms with Crippen LogP contribution in [0.25, 0.3) is 0 Å². The molecule has 3 nitrogen and oxygen atoms in total. The summed E-state index contributed by atoms with van der Waals surface area (Å²) in [5.74, 6) is 0. The first-order valence-electron chi connectivity index (χ1n) is 5.27. The molecule has 0 saturated carbocycles. The van der Waals surface area contributed by atoms with E-state index in [-0.39, 0.29) is 19.6 Å². The van der Waals surface area contributed by atoms with Crippen LogP contribution in [0.15, 0.2) is 0 Å². The van der Waals surface area contributed by atoms with Crippen LogP contribution in [0.3, 0.4) is 0 Å². The van der Waals surface area contributed by atoms with Gasteiger partial charge < -0.3 is 15.2 Å². The second-order valence-corrected chi connectivity index (χ2v) is 4.05. The van der Waals surface area contributed by atoms with Crippen molar-refractivity contribution in [2.75, 3.05) is 26.9 Å². The first-order valence-corrected chi connectivity index (χ1v) is 5.27. The van der Waals surface area contributed by atoms with Gasteiger partial charge in [-0.1, -0.05) is 0 Å². The van der Waals surface area contributed by atoms with Crippen LogP contribution < -0.4 is 5.32 Å². The second kappa shape index (κ2) is 7.09. The predicted molar refractivity (Wildman–Crippen MR) is 55.3 cm³/mol. The van der Waals surface area contributed by atoms with Gasteiger partial charge in [-0.05, 0) is 26.8 Å². The van der Waals surface area contributed by atoms with Gasteiger partial charge >= 0.3 is 6.18 Å². The molecule has 0 fully saturated rings. The number of nitrogens with one attached hydrogen (secondary N) is 1. The van der Waals surface area contributed by atoms with Gasteiger partial charge in [-0.3, -0.25) is 0 Å². The van der Waals surface area contributed by atoms with Gasteiger partial charge in [0.05, 0.1) is 6.61 Å². The fraction of sp³-hybridized carbons (Fsp3) is 1.00. The van der Waals surface area contributed by atoms with Crippen molar-refractivity contribution in [1.82, 2.24) is 5.32 Å². The Morgan fingerprint density at radius 3 is 2.25 bits per heavy atom. The van der Waals surface area contributed by atoms with Crippen molar-refractivity contribution in [1.29, 1.82) is 0 Å². The van der Waals surface area contributed by atoms with Crippen LogP contribution >= 0.6 is 0 Å². The maximum Gasteiger partial charge on any atom is 0.389 e. The largest absolute Gasteiger partial charge is 0.394 e. The van der Waals surface area contributed by atoms with Crippen molar-refractivity contribution in [2.24, 2.45) is 0 Å². The number of aliphatic hydroxyl groups is 1. The molecular formula is C10H20F3NO2. The van der Waals surface area contributed by atoms with E-state index in [2.05, 4.69) is 5.32 Å². The smallest absolute Gasteiger partial charge is 0.389 e. The highest BCUT2D eigenvalue weighted by Gasteiger charge is 2.26. The van der Waals surface area contributed by atoms with Crippen molar-refractivity contribution in [3.8, 4) is 0 Å². The normalized spacial score (nSPS) is 16.1. The molecule has 0 spiro atoms. The van der Waals surface area contributed by atoms with E-state index >= 15 is 0 Å². The summed E-state index contributed by atoms with van der Waals surface area (Å²) in [6.45, 7) is 2.24. The van der Waals surface area contributed by atoms with Crippen molar-refractivity contribution in [2.45, 2.75) is 37.9 Å². The number of ether oxygens (including phenoxy) is 1. The van der Waals surface area contributed by atoms with Crippen LogP contribution in [-0.4, -0.2) is 43.7 Å². The lowest BCUT2D eigenvalue weighted by molar-refractivity contribution is -0.138. The highest BCUT2D eigenvalue weighted by Crippen LogP contribution is 2.21. The molecule has 0 aliphatic carbocycles. The van der Waals surface area contributed by atoms with E-state index in [0.717, 1.165) is 0 Å². The highest BCUT2D eigenvalue weighted by molar-refractivity contribution is 4.79. The van der Waals surface area contributed by atoms with Gasteiger partial charge in [0.1, 0.15) is 0 Å². The first-order chi connectivity index (χ1) is 7.33. The molecule has 0 radical (unpaired) electrons. The number of rotatable bonds is 8. The zero-order valence-electron chi connectivity index (χ0n) is 9.73. The minimum absolute atomic E-state index is 0.0150. The van der Waals surface area contributed by atoms with Gasteiger partial charge in [-0.2, -0.15) is 13.2 Å². The Labute approximate surface area is 94.0 Å². The zero-order chi connectivity index (χ0) is 12.7. The molecule has 0 rings (SSSR count). The van der Waals surface area contributed by atoms with E-state index in [1.165, 1.54) is 0 Å². The number of likely N-dealkylation sites (N-methyl/N-ethyl adjacent to an activating group) is 1. The molecule has 2 N–H and O–H groups in total. The Bertz CT molecular complexity index is 181. The Hall–Kier alpha value is -0.330. The summed E-state index contributed by atoms with van der Waals surface area (Å²) in [5, 5.41) is 12.0. The lowest BCUT2D eigenvalue weighted by Crippen LogP contribution is -2.44. The fourth-order valence-corrected chi connectivity index (χ4v) is 1.06. The third-order valence-corrected chi connectivity index (χ3v) is 2.50. The number of hydrogen-bond acceptors (Lipinski definition) is 3. The Morgan fingerprint density at radius 2 is 1.81 bits per heavy atom. The van der Waals surface area contributed by atoms with Crippen LogP contribution in [0.5, 0.6) is 0 Å². The topological polar surface area (TPSA) is 41.5 Å².